The highest BCUT2D eigenvalue weighted by molar-refractivity contribution is 5.94. The molecular formula is C11H13NO3. The van der Waals surface area contributed by atoms with E-state index in [0.717, 1.165) is 0 Å². The topological polar surface area (TPSA) is 38.8 Å². The maximum atomic E-state index is 11.8. The molecule has 4 heteroatoms. The fourth-order valence-electron chi connectivity index (χ4n) is 1.39. The summed E-state index contributed by atoms with van der Waals surface area (Å²) in [5.74, 6) is 1.34. The average Bonchev–Trinajstić information content (AvgIpc) is 2.73. The third-order valence-electron chi connectivity index (χ3n) is 2.44. The van der Waals surface area contributed by atoms with Gasteiger partial charge in [-0.05, 0) is 25.1 Å². The summed E-state index contributed by atoms with van der Waals surface area (Å²) in [5, 5.41) is 0. The van der Waals surface area contributed by atoms with Crippen molar-refractivity contribution in [3.05, 3.63) is 23.8 Å². The van der Waals surface area contributed by atoms with Crippen molar-refractivity contribution in [2.24, 2.45) is 0 Å². The van der Waals surface area contributed by atoms with Crippen molar-refractivity contribution in [1.82, 2.24) is 4.90 Å². The Morgan fingerprint density at radius 1 is 1.40 bits per heavy atom. The van der Waals surface area contributed by atoms with Gasteiger partial charge in [-0.15, -0.1) is 0 Å². The van der Waals surface area contributed by atoms with Gasteiger partial charge in [-0.2, -0.15) is 0 Å². The van der Waals surface area contributed by atoms with Crippen LogP contribution in [0.1, 0.15) is 17.3 Å². The second-order valence-corrected chi connectivity index (χ2v) is 3.39. The summed E-state index contributed by atoms with van der Waals surface area (Å²) in [6.45, 7) is 2.86. The minimum atomic E-state index is -0.00389. The zero-order valence-electron chi connectivity index (χ0n) is 8.82. The van der Waals surface area contributed by atoms with Crippen molar-refractivity contribution in [2.45, 2.75) is 6.92 Å². The van der Waals surface area contributed by atoms with Gasteiger partial charge in [0.1, 0.15) is 0 Å². The lowest BCUT2D eigenvalue weighted by atomic mass is 10.2. The quantitative estimate of drug-likeness (QED) is 0.737. The molecule has 1 aromatic rings. The Hall–Kier alpha value is -1.71. The van der Waals surface area contributed by atoms with Crippen LogP contribution in [0.15, 0.2) is 18.2 Å². The standard InChI is InChI=1S/C11H13NO3/c1-3-12(2)11(13)8-4-5-9-10(6-8)15-7-14-9/h4-6H,3,7H2,1-2H3. The number of amides is 1. The first-order valence-electron chi connectivity index (χ1n) is 4.87. The lowest BCUT2D eigenvalue weighted by Gasteiger charge is -2.14. The zero-order chi connectivity index (χ0) is 10.8. The van der Waals surface area contributed by atoms with Gasteiger partial charge in [0.2, 0.25) is 6.79 Å². The number of carbonyl (C=O) groups is 1. The van der Waals surface area contributed by atoms with Crippen LogP contribution in [-0.2, 0) is 0 Å². The molecule has 0 aromatic heterocycles. The Morgan fingerprint density at radius 3 is 2.87 bits per heavy atom. The van der Waals surface area contributed by atoms with E-state index in [4.69, 9.17) is 9.47 Å². The number of benzene rings is 1. The molecular weight excluding hydrogens is 194 g/mol. The van der Waals surface area contributed by atoms with Crippen LogP contribution >= 0.6 is 0 Å². The molecule has 1 aromatic carbocycles. The highest BCUT2D eigenvalue weighted by Crippen LogP contribution is 2.32. The summed E-state index contributed by atoms with van der Waals surface area (Å²) >= 11 is 0. The van der Waals surface area contributed by atoms with E-state index in [-0.39, 0.29) is 12.7 Å². The monoisotopic (exact) mass is 207 g/mol. The van der Waals surface area contributed by atoms with Crippen LogP contribution in [0.2, 0.25) is 0 Å². The molecule has 0 unspecified atom stereocenters. The number of nitrogens with zero attached hydrogens (tertiary/aromatic N) is 1. The Morgan fingerprint density at radius 2 is 2.13 bits per heavy atom. The summed E-state index contributed by atoms with van der Waals surface area (Å²) in [6, 6.07) is 5.23. The van der Waals surface area contributed by atoms with Crippen LogP contribution in [0.5, 0.6) is 11.5 Å². The minimum absolute atomic E-state index is 0.00389. The van der Waals surface area contributed by atoms with E-state index in [1.165, 1.54) is 0 Å². The molecule has 0 saturated carbocycles. The van der Waals surface area contributed by atoms with E-state index < -0.39 is 0 Å². The molecule has 2 rings (SSSR count). The molecule has 0 bridgehead atoms. The molecule has 1 heterocycles. The van der Waals surface area contributed by atoms with Crippen LogP contribution in [0.3, 0.4) is 0 Å². The fourth-order valence-corrected chi connectivity index (χ4v) is 1.39. The second-order valence-electron chi connectivity index (χ2n) is 3.39. The van der Waals surface area contributed by atoms with Crippen molar-refractivity contribution in [3.63, 3.8) is 0 Å². The fraction of sp³-hybridized carbons (Fsp3) is 0.364. The molecule has 80 valence electrons. The van der Waals surface area contributed by atoms with Crippen molar-refractivity contribution in [1.29, 1.82) is 0 Å². The average molecular weight is 207 g/mol. The van der Waals surface area contributed by atoms with Crippen molar-refractivity contribution < 1.29 is 14.3 Å². The van der Waals surface area contributed by atoms with Gasteiger partial charge in [-0.25, -0.2) is 0 Å². The van der Waals surface area contributed by atoms with Gasteiger partial charge in [0.25, 0.3) is 5.91 Å². The maximum absolute atomic E-state index is 11.8. The predicted molar refractivity (Wildman–Crippen MR) is 55.2 cm³/mol. The number of rotatable bonds is 2. The third-order valence-corrected chi connectivity index (χ3v) is 2.44. The van der Waals surface area contributed by atoms with E-state index in [1.807, 2.05) is 6.92 Å². The lowest BCUT2D eigenvalue weighted by Crippen LogP contribution is -2.26. The van der Waals surface area contributed by atoms with Crippen LogP contribution in [-0.4, -0.2) is 31.2 Å². The van der Waals surface area contributed by atoms with Crippen LogP contribution in [0.25, 0.3) is 0 Å². The Kier molecular flexibility index (Phi) is 2.49. The second kappa shape index (κ2) is 3.81. The van der Waals surface area contributed by atoms with Gasteiger partial charge in [-0.1, -0.05) is 0 Å². The minimum Gasteiger partial charge on any atom is -0.454 e. The Labute approximate surface area is 88.4 Å². The SMILES string of the molecule is CCN(C)C(=O)c1ccc2c(c1)OCO2. The van der Waals surface area contributed by atoms with Gasteiger partial charge in [-0.3, -0.25) is 4.79 Å². The molecule has 1 aliphatic rings. The maximum Gasteiger partial charge on any atom is 0.253 e. The molecule has 0 radical (unpaired) electrons. The largest absolute Gasteiger partial charge is 0.454 e. The Bertz CT molecular complexity index is 389. The van der Waals surface area contributed by atoms with Crippen molar-refractivity contribution >= 4 is 5.91 Å². The van der Waals surface area contributed by atoms with Crippen LogP contribution in [0, 0.1) is 0 Å². The molecule has 0 atom stereocenters. The summed E-state index contributed by atoms with van der Waals surface area (Å²) < 4.78 is 10.4. The highest BCUT2D eigenvalue weighted by Gasteiger charge is 2.17. The normalized spacial score (nSPS) is 12.7. The van der Waals surface area contributed by atoms with E-state index in [1.54, 1.807) is 30.1 Å². The predicted octanol–water partition coefficient (Wildman–Crippen LogP) is 1.51. The molecule has 1 aliphatic heterocycles. The number of carbonyl (C=O) groups excluding carboxylic acids is 1. The molecule has 0 N–H and O–H groups in total. The molecule has 0 fully saturated rings. The first-order valence-corrected chi connectivity index (χ1v) is 4.87. The van der Waals surface area contributed by atoms with Gasteiger partial charge < -0.3 is 14.4 Å². The Balaban J connectivity index is 2.26. The van der Waals surface area contributed by atoms with Crippen molar-refractivity contribution in [3.8, 4) is 11.5 Å². The van der Waals surface area contributed by atoms with E-state index in [9.17, 15) is 4.79 Å². The molecule has 15 heavy (non-hydrogen) atoms. The highest BCUT2D eigenvalue weighted by atomic mass is 16.7. The number of hydrogen-bond acceptors (Lipinski definition) is 3. The number of hydrogen-bond donors (Lipinski definition) is 0. The number of fused-ring (bicyclic) bond motifs is 1. The first-order chi connectivity index (χ1) is 7.22. The van der Waals surface area contributed by atoms with Crippen LogP contribution in [0.4, 0.5) is 0 Å². The van der Waals surface area contributed by atoms with E-state index in [0.29, 0.717) is 23.6 Å². The third kappa shape index (κ3) is 1.75. The summed E-state index contributed by atoms with van der Waals surface area (Å²) in [7, 11) is 1.77. The zero-order valence-corrected chi connectivity index (χ0v) is 8.82. The van der Waals surface area contributed by atoms with Gasteiger partial charge >= 0.3 is 0 Å². The van der Waals surface area contributed by atoms with Crippen molar-refractivity contribution in [2.75, 3.05) is 20.4 Å². The first kappa shape index (κ1) is 9.83. The lowest BCUT2D eigenvalue weighted by molar-refractivity contribution is 0.0802. The van der Waals surface area contributed by atoms with E-state index in [2.05, 4.69) is 0 Å². The summed E-state index contributed by atoms with van der Waals surface area (Å²) in [4.78, 5) is 13.5. The number of ether oxygens (including phenoxy) is 2. The molecule has 0 spiro atoms. The van der Waals surface area contributed by atoms with Gasteiger partial charge in [0, 0.05) is 19.2 Å². The molecule has 0 saturated heterocycles. The van der Waals surface area contributed by atoms with Crippen LogP contribution < -0.4 is 9.47 Å². The summed E-state index contributed by atoms with van der Waals surface area (Å²) in [6.07, 6.45) is 0. The van der Waals surface area contributed by atoms with E-state index >= 15 is 0 Å². The summed E-state index contributed by atoms with van der Waals surface area (Å²) in [5.41, 5.74) is 0.628. The molecule has 0 aliphatic carbocycles. The molecule has 1 amide bonds. The van der Waals surface area contributed by atoms with Gasteiger partial charge in [0.15, 0.2) is 11.5 Å². The van der Waals surface area contributed by atoms with Gasteiger partial charge in [0.05, 0.1) is 0 Å². The smallest absolute Gasteiger partial charge is 0.253 e. The molecule has 4 nitrogen and oxygen atoms in total.